The zero-order valence-electron chi connectivity index (χ0n) is 16.4. The zero-order chi connectivity index (χ0) is 19.7. The molecule has 0 aromatic carbocycles. The van der Waals surface area contributed by atoms with E-state index in [1.54, 1.807) is 0 Å². The van der Waals surface area contributed by atoms with Gasteiger partial charge in [-0.15, -0.1) is 0 Å². The minimum atomic E-state index is -0.630. The van der Waals surface area contributed by atoms with Gasteiger partial charge in [0.15, 0.2) is 6.61 Å². The van der Waals surface area contributed by atoms with Crippen molar-refractivity contribution in [2.24, 2.45) is 23.2 Å². The van der Waals surface area contributed by atoms with E-state index in [4.69, 9.17) is 4.74 Å². The van der Waals surface area contributed by atoms with Crippen LogP contribution in [0.4, 0.5) is 4.79 Å². The van der Waals surface area contributed by atoms with E-state index < -0.39 is 30.1 Å². The summed E-state index contributed by atoms with van der Waals surface area (Å²) in [6.45, 7) is 4.13. The Morgan fingerprint density at radius 3 is 2.41 bits per heavy atom. The minimum absolute atomic E-state index is 0.180. The maximum atomic E-state index is 12.3. The molecule has 0 spiro atoms. The van der Waals surface area contributed by atoms with Gasteiger partial charge in [-0.05, 0) is 68.1 Å². The highest BCUT2D eigenvalue weighted by Gasteiger charge is 2.57. The Hall–Kier alpha value is -1.63. The van der Waals surface area contributed by atoms with Crippen molar-refractivity contribution >= 4 is 17.9 Å². The molecule has 0 heterocycles. The standard InChI is InChI=1S/C20H32N2O5/c1-13(2)3-4-21-18(25)22-16(23)11-27-17(24)10-19-6-14-5-15(7-19)9-20(26,8-14)12-19/h13-15,26H,3-12H2,1-2H3,(H2,21,22,23,25)/t14-,15-,19?,20?/m0/s1. The van der Waals surface area contributed by atoms with Gasteiger partial charge >= 0.3 is 12.0 Å². The molecule has 0 unspecified atom stereocenters. The van der Waals surface area contributed by atoms with E-state index in [1.807, 2.05) is 13.8 Å². The van der Waals surface area contributed by atoms with Crippen molar-refractivity contribution in [1.29, 1.82) is 0 Å². The van der Waals surface area contributed by atoms with Gasteiger partial charge in [0.1, 0.15) is 0 Å². The van der Waals surface area contributed by atoms with Crippen LogP contribution in [0, 0.1) is 23.2 Å². The van der Waals surface area contributed by atoms with Crippen LogP contribution in [0.3, 0.4) is 0 Å². The smallest absolute Gasteiger partial charge is 0.321 e. The van der Waals surface area contributed by atoms with Crippen LogP contribution < -0.4 is 10.6 Å². The summed E-state index contributed by atoms with van der Waals surface area (Å²) in [5, 5.41) is 15.5. The Bertz CT molecular complexity index is 589. The summed E-state index contributed by atoms with van der Waals surface area (Å²) in [5.41, 5.74) is -0.795. The average Bonchev–Trinajstić information content (AvgIpc) is 2.49. The Balaban J connectivity index is 1.40. The Labute approximate surface area is 160 Å². The summed E-state index contributed by atoms with van der Waals surface area (Å²) in [7, 11) is 0. The van der Waals surface area contributed by atoms with Crippen LogP contribution in [0.2, 0.25) is 0 Å². The fourth-order valence-electron chi connectivity index (χ4n) is 5.79. The summed E-state index contributed by atoms with van der Waals surface area (Å²) in [6, 6.07) is -0.569. The molecule has 4 fully saturated rings. The number of esters is 1. The molecule has 27 heavy (non-hydrogen) atoms. The molecule has 152 valence electrons. The number of carbonyl (C=O) groups is 3. The van der Waals surface area contributed by atoms with E-state index in [9.17, 15) is 19.5 Å². The lowest BCUT2D eigenvalue weighted by atomic mass is 9.47. The highest BCUT2D eigenvalue weighted by molar-refractivity contribution is 5.95. The Morgan fingerprint density at radius 2 is 1.81 bits per heavy atom. The van der Waals surface area contributed by atoms with Gasteiger partial charge in [0.2, 0.25) is 0 Å². The number of nitrogens with one attached hydrogen (secondary N) is 2. The molecule has 4 saturated carbocycles. The molecule has 3 amide bonds. The summed E-state index contributed by atoms with van der Waals surface area (Å²) in [5.74, 6) is 0.416. The molecule has 0 aliphatic heterocycles. The third kappa shape index (κ3) is 5.21. The molecule has 4 aliphatic rings. The first-order valence-corrected chi connectivity index (χ1v) is 10.1. The number of rotatable bonds is 7. The largest absolute Gasteiger partial charge is 0.456 e. The fourth-order valence-corrected chi connectivity index (χ4v) is 5.79. The topological polar surface area (TPSA) is 105 Å². The molecule has 0 aromatic rings. The second-order valence-corrected chi connectivity index (χ2v) is 9.51. The number of amides is 3. The van der Waals surface area contributed by atoms with Crippen LogP contribution >= 0.6 is 0 Å². The minimum Gasteiger partial charge on any atom is -0.456 e. The predicted molar refractivity (Wildman–Crippen MR) is 98.6 cm³/mol. The van der Waals surface area contributed by atoms with Crippen LogP contribution in [0.25, 0.3) is 0 Å². The lowest BCUT2D eigenvalue weighted by Crippen LogP contribution is -2.56. The molecular formula is C20H32N2O5. The Kier molecular flexibility index (Phi) is 5.79. The molecule has 0 saturated heterocycles. The van der Waals surface area contributed by atoms with Gasteiger partial charge in [0.25, 0.3) is 5.91 Å². The molecule has 2 atom stereocenters. The van der Waals surface area contributed by atoms with Gasteiger partial charge in [-0.1, -0.05) is 13.8 Å². The molecule has 4 rings (SSSR count). The van der Waals surface area contributed by atoms with Crippen molar-refractivity contribution in [2.45, 2.75) is 70.8 Å². The van der Waals surface area contributed by atoms with Crippen molar-refractivity contribution in [2.75, 3.05) is 13.2 Å². The van der Waals surface area contributed by atoms with Gasteiger partial charge in [-0.3, -0.25) is 14.9 Å². The normalized spacial score (nSPS) is 33.8. The van der Waals surface area contributed by atoms with E-state index in [0.717, 1.165) is 38.5 Å². The van der Waals surface area contributed by atoms with Gasteiger partial charge in [0, 0.05) is 6.54 Å². The van der Waals surface area contributed by atoms with Crippen molar-refractivity contribution in [1.82, 2.24) is 10.6 Å². The first-order chi connectivity index (χ1) is 12.7. The molecular weight excluding hydrogens is 348 g/mol. The number of hydrogen-bond acceptors (Lipinski definition) is 5. The van der Waals surface area contributed by atoms with E-state index in [0.29, 0.717) is 30.7 Å². The number of carbonyl (C=O) groups excluding carboxylic acids is 3. The maximum absolute atomic E-state index is 12.3. The van der Waals surface area contributed by atoms with Gasteiger partial charge < -0.3 is 15.2 Å². The van der Waals surface area contributed by atoms with Crippen molar-refractivity contribution in [3.8, 4) is 0 Å². The van der Waals surface area contributed by atoms with Crippen LogP contribution in [0.1, 0.15) is 65.2 Å². The van der Waals surface area contributed by atoms with E-state index in [1.165, 1.54) is 0 Å². The summed E-state index contributed by atoms with van der Waals surface area (Å²) >= 11 is 0. The number of imide groups is 1. The third-order valence-corrected chi connectivity index (χ3v) is 6.30. The SMILES string of the molecule is CC(C)CCNC(=O)NC(=O)COC(=O)CC12C[C@@H]3C[C@H](CC(O)(C3)C1)C2. The first kappa shape index (κ1) is 20.1. The summed E-state index contributed by atoms with van der Waals surface area (Å²) < 4.78 is 5.11. The second kappa shape index (κ2) is 7.78. The highest BCUT2D eigenvalue weighted by atomic mass is 16.5. The number of hydrogen-bond donors (Lipinski definition) is 3. The number of urea groups is 1. The molecule has 7 nitrogen and oxygen atoms in total. The van der Waals surface area contributed by atoms with Crippen molar-refractivity contribution in [3.63, 3.8) is 0 Å². The molecule has 4 aliphatic carbocycles. The zero-order valence-corrected chi connectivity index (χ0v) is 16.4. The predicted octanol–water partition coefficient (Wildman–Crippen LogP) is 2.12. The summed E-state index contributed by atoms with van der Waals surface area (Å²) in [6.07, 6.45) is 6.53. The molecule has 3 N–H and O–H groups in total. The lowest BCUT2D eigenvalue weighted by molar-refractivity contribution is -0.177. The van der Waals surface area contributed by atoms with Crippen molar-refractivity contribution in [3.05, 3.63) is 0 Å². The second-order valence-electron chi connectivity index (χ2n) is 9.51. The Morgan fingerprint density at radius 1 is 1.15 bits per heavy atom. The average molecular weight is 380 g/mol. The molecule has 0 aromatic heterocycles. The third-order valence-electron chi connectivity index (χ3n) is 6.30. The van der Waals surface area contributed by atoms with Crippen molar-refractivity contribution < 1.29 is 24.2 Å². The van der Waals surface area contributed by atoms with Crippen LogP contribution in [0.5, 0.6) is 0 Å². The molecule has 0 radical (unpaired) electrons. The van der Waals surface area contributed by atoms with E-state index in [2.05, 4.69) is 10.6 Å². The van der Waals surface area contributed by atoms with Gasteiger partial charge in [0.05, 0.1) is 12.0 Å². The van der Waals surface area contributed by atoms with Crippen LogP contribution in [0.15, 0.2) is 0 Å². The maximum Gasteiger partial charge on any atom is 0.321 e. The number of aliphatic hydroxyl groups is 1. The highest BCUT2D eigenvalue weighted by Crippen LogP contribution is 2.62. The number of ether oxygens (including phenoxy) is 1. The molecule has 4 bridgehead atoms. The van der Waals surface area contributed by atoms with E-state index >= 15 is 0 Å². The van der Waals surface area contributed by atoms with E-state index in [-0.39, 0.29) is 11.8 Å². The van der Waals surface area contributed by atoms with Gasteiger partial charge in [-0.2, -0.15) is 0 Å². The van der Waals surface area contributed by atoms with Gasteiger partial charge in [-0.25, -0.2) is 4.79 Å². The quantitative estimate of drug-likeness (QED) is 0.587. The fraction of sp³-hybridized carbons (Fsp3) is 0.850. The summed E-state index contributed by atoms with van der Waals surface area (Å²) in [4.78, 5) is 35.7. The monoisotopic (exact) mass is 380 g/mol. The van der Waals surface area contributed by atoms with Crippen LogP contribution in [-0.4, -0.2) is 41.8 Å². The molecule has 7 heteroatoms. The van der Waals surface area contributed by atoms with Crippen LogP contribution in [-0.2, 0) is 14.3 Å². The lowest BCUT2D eigenvalue weighted by Gasteiger charge is -2.60. The first-order valence-electron chi connectivity index (χ1n) is 10.1.